The second kappa shape index (κ2) is 5.23. The van der Waals surface area contributed by atoms with Crippen molar-refractivity contribution in [3.8, 4) is 5.75 Å². The second-order valence-electron chi connectivity index (χ2n) is 6.36. The van der Waals surface area contributed by atoms with E-state index in [1.54, 1.807) is 18.2 Å². The minimum absolute atomic E-state index is 0.182. The van der Waals surface area contributed by atoms with Gasteiger partial charge in [-0.1, -0.05) is 17.7 Å². The number of Topliss-reactive ketones (excluding diaryl/α,β-unsaturated/α-hetero) is 1. The molecule has 0 fully saturated rings. The van der Waals surface area contributed by atoms with Gasteiger partial charge in [-0.25, -0.2) is 0 Å². The third-order valence-electron chi connectivity index (χ3n) is 4.06. The zero-order chi connectivity index (χ0) is 16.8. The number of allylic oxidation sites excluding steroid dienone is 2. The SMILES string of the molecule is CC(C)=CCC1(C)C=Cc2c(ccc3c2C(=O)C(=O)C=C3O)O1. The molecule has 1 aromatic rings. The van der Waals surface area contributed by atoms with E-state index in [1.165, 1.54) is 5.57 Å². The van der Waals surface area contributed by atoms with Crippen molar-refractivity contribution in [1.82, 2.24) is 0 Å². The van der Waals surface area contributed by atoms with Gasteiger partial charge in [0.25, 0.3) is 0 Å². The maximum absolute atomic E-state index is 12.2. The summed E-state index contributed by atoms with van der Waals surface area (Å²) < 4.78 is 6.06. The molecule has 0 aromatic heterocycles. The number of aliphatic hydroxyl groups excluding tert-OH is 1. The molecule has 2 aliphatic rings. The summed E-state index contributed by atoms with van der Waals surface area (Å²) in [5, 5.41) is 9.91. The molecular formula is C19H18O4. The number of carbonyl (C=O) groups excluding carboxylic acids is 2. The van der Waals surface area contributed by atoms with Gasteiger partial charge in [-0.3, -0.25) is 9.59 Å². The van der Waals surface area contributed by atoms with Gasteiger partial charge in [0.05, 0.1) is 0 Å². The Kier molecular flexibility index (Phi) is 3.48. The second-order valence-corrected chi connectivity index (χ2v) is 6.36. The summed E-state index contributed by atoms with van der Waals surface area (Å²) in [6.45, 7) is 6.02. The summed E-state index contributed by atoms with van der Waals surface area (Å²) in [6.07, 6.45) is 7.46. The first-order valence-electron chi connectivity index (χ1n) is 7.49. The fraction of sp³-hybridized carbons (Fsp3) is 0.263. The van der Waals surface area contributed by atoms with Crippen molar-refractivity contribution in [2.24, 2.45) is 0 Å². The molecule has 118 valence electrons. The zero-order valence-electron chi connectivity index (χ0n) is 13.3. The summed E-state index contributed by atoms with van der Waals surface area (Å²) in [7, 11) is 0. The number of hydrogen-bond donors (Lipinski definition) is 1. The summed E-state index contributed by atoms with van der Waals surface area (Å²) in [6, 6.07) is 3.34. The van der Waals surface area contributed by atoms with Crippen LogP contribution in [0.15, 0.2) is 35.9 Å². The molecule has 1 N–H and O–H groups in total. The number of carbonyl (C=O) groups is 2. The number of aliphatic hydroxyl groups is 1. The van der Waals surface area contributed by atoms with Crippen LogP contribution in [0, 0.1) is 0 Å². The number of ether oxygens (including phenoxy) is 1. The van der Waals surface area contributed by atoms with E-state index in [4.69, 9.17) is 4.74 Å². The van der Waals surface area contributed by atoms with E-state index in [-0.39, 0.29) is 11.3 Å². The first kappa shape index (κ1) is 15.3. The molecular weight excluding hydrogens is 292 g/mol. The monoisotopic (exact) mass is 310 g/mol. The molecule has 23 heavy (non-hydrogen) atoms. The Hall–Kier alpha value is -2.62. The Bertz CT molecular complexity index is 807. The fourth-order valence-electron chi connectivity index (χ4n) is 2.76. The molecule has 4 heteroatoms. The standard InChI is InChI=1S/C19H18O4/c1-11(2)6-8-19(3)9-7-13-16(23-19)5-4-12-14(20)10-15(21)18(22)17(12)13/h4-7,9-10,20H,8H2,1-3H3. The van der Waals surface area contributed by atoms with Gasteiger partial charge < -0.3 is 9.84 Å². The van der Waals surface area contributed by atoms with Gasteiger partial charge in [-0.2, -0.15) is 0 Å². The van der Waals surface area contributed by atoms with Gasteiger partial charge in [0, 0.05) is 29.2 Å². The number of rotatable bonds is 2. The van der Waals surface area contributed by atoms with E-state index in [0.717, 1.165) is 6.08 Å². The third-order valence-corrected chi connectivity index (χ3v) is 4.06. The predicted molar refractivity (Wildman–Crippen MR) is 88.5 cm³/mol. The van der Waals surface area contributed by atoms with Gasteiger partial charge in [0.1, 0.15) is 17.1 Å². The molecule has 1 atom stereocenters. The first-order chi connectivity index (χ1) is 10.8. The van der Waals surface area contributed by atoms with Crippen LogP contribution < -0.4 is 4.74 Å². The van der Waals surface area contributed by atoms with Gasteiger partial charge in [-0.05, 0) is 39.0 Å². The Morgan fingerprint density at radius 2 is 2.04 bits per heavy atom. The summed E-state index contributed by atoms with van der Waals surface area (Å²) in [4.78, 5) is 23.9. The highest BCUT2D eigenvalue weighted by Crippen LogP contribution is 2.39. The van der Waals surface area contributed by atoms with Crippen LogP contribution in [-0.2, 0) is 4.79 Å². The molecule has 0 amide bonds. The van der Waals surface area contributed by atoms with Crippen LogP contribution in [0.1, 0.15) is 48.7 Å². The Balaban J connectivity index is 2.07. The Morgan fingerprint density at radius 3 is 2.74 bits per heavy atom. The van der Waals surface area contributed by atoms with Crippen molar-refractivity contribution < 1.29 is 19.4 Å². The lowest BCUT2D eigenvalue weighted by Gasteiger charge is -2.32. The summed E-state index contributed by atoms with van der Waals surface area (Å²) in [5.74, 6) is -0.962. The van der Waals surface area contributed by atoms with Crippen LogP contribution in [0.5, 0.6) is 5.75 Å². The molecule has 0 spiro atoms. The van der Waals surface area contributed by atoms with Crippen molar-refractivity contribution in [3.63, 3.8) is 0 Å². The topological polar surface area (TPSA) is 63.6 Å². The van der Waals surface area contributed by atoms with E-state index >= 15 is 0 Å². The Morgan fingerprint density at radius 1 is 1.30 bits per heavy atom. The quantitative estimate of drug-likeness (QED) is 0.665. The molecule has 1 aliphatic carbocycles. The van der Waals surface area contributed by atoms with Crippen molar-refractivity contribution in [2.45, 2.75) is 32.8 Å². The molecule has 3 rings (SSSR count). The highest BCUT2D eigenvalue weighted by atomic mass is 16.5. The highest BCUT2D eigenvalue weighted by molar-refractivity contribution is 6.51. The van der Waals surface area contributed by atoms with Crippen molar-refractivity contribution >= 4 is 23.4 Å². The van der Waals surface area contributed by atoms with E-state index in [9.17, 15) is 14.7 Å². The number of fused-ring (bicyclic) bond motifs is 3. The van der Waals surface area contributed by atoms with E-state index < -0.39 is 17.2 Å². The van der Waals surface area contributed by atoms with Crippen LogP contribution in [0.4, 0.5) is 0 Å². The van der Waals surface area contributed by atoms with Crippen LogP contribution >= 0.6 is 0 Å². The molecule has 0 saturated heterocycles. The van der Waals surface area contributed by atoms with Crippen LogP contribution in [-0.4, -0.2) is 22.3 Å². The lowest BCUT2D eigenvalue weighted by Crippen LogP contribution is -2.32. The molecule has 0 radical (unpaired) electrons. The molecule has 0 saturated carbocycles. The molecule has 0 bridgehead atoms. The molecule has 1 heterocycles. The smallest absolute Gasteiger partial charge is 0.234 e. The minimum atomic E-state index is -0.713. The number of ketones is 2. The highest BCUT2D eigenvalue weighted by Gasteiger charge is 2.33. The number of hydrogen-bond acceptors (Lipinski definition) is 4. The molecule has 4 nitrogen and oxygen atoms in total. The van der Waals surface area contributed by atoms with Gasteiger partial charge in [0.15, 0.2) is 0 Å². The lowest BCUT2D eigenvalue weighted by molar-refractivity contribution is -0.111. The van der Waals surface area contributed by atoms with Crippen LogP contribution in [0.3, 0.4) is 0 Å². The van der Waals surface area contributed by atoms with E-state index in [1.807, 2.05) is 26.8 Å². The van der Waals surface area contributed by atoms with Gasteiger partial charge in [-0.15, -0.1) is 0 Å². The van der Waals surface area contributed by atoms with Crippen LogP contribution in [0.2, 0.25) is 0 Å². The number of benzene rings is 1. The minimum Gasteiger partial charge on any atom is -0.507 e. The van der Waals surface area contributed by atoms with Crippen LogP contribution in [0.25, 0.3) is 11.8 Å². The lowest BCUT2D eigenvalue weighted by atomic mass is 9.86. The Labute approximate surface area is 134 Å². The van der Waals surface area contributed by atoms with Crippen molar-refractivity contribution in [1.29, 1.82) is 0 Å². The first-order valence-corrected chi connectivity index (χ1v) is 7.49. The van der Waals surface area contributed by atoms with E-state index in [0.29, 0.717) is 23.3 Å². The van der Waals surface area contributed by atoms with E-state index in [2.05, 4.69) is 6.08 Å². The summed E-state index contributed by atoms with van der Waals surface area (Å²) >= 11 is 0. The summed E-state index contributed by atoms with van der Waals surface area (Å²) in [5.41, 5.74) is 1.84. The maximum atomic E-state index is 12.2. The molecule has 1 unspecified atom stereocenters. The average Bonchev–Trinajstić information content (AvgIpc) is 2.50. The van der Waals surface area contributed by atoms with Crippen molar-refractivity contribution in [3.05, 3.63) is 52.6 Å². The average molecular weight is 310 g/mol. The maximum Gasteiger partial charge on any atom is 0.234 e. The molecule has 1 aromatic carbocycles. The van der Waals surface area contributed by atoms with Gasteiger partial charge in [0.2, 0.25) is 11.6 Å². The van der Waals surface area contributed by atoms with Crippen molar-refractivity contribution in [2.75, 3.05) is 0 Å². The van der Waals surface area contributed by atoms with Gasteiger partial charge >= 0.3 is 0 Å². The third kappa shape index (κ3) is 2.61. The normalized spacial score (nSPS) is 22.0. The zero-order valence-corrected chi connectivity index (χ0v) is 13.3. The largest absolute Gasteiger partial charge is 0.507 e. The fourth-order valence-corrected chi connectivity index (χ4v) is 2.76. The molecule has 1 aliphatic heterocycles. The predicted octanol–water partition coefficient (Wildman–Crippen LogP) is 3.87.